The highest BCUT2D eigenvalue weighted by Crippen LogP contribution is 2.02. The van der Waals surface area contributed by atoms with Crippen molar-refractivity contribution in [3.8, 4) is 0 Å². The number of hydrogen-bond donors (Lipinski definition) is 0. The predicted molar refractivity (Wildman–Crippen MR) is 57.3 cm³/mol. The molecule has 1 aromatic heterocycles. The number of nitrogens with zero attached hydrogens (tertiary/aromatic N) is 4. The molecule has 0 fully saturated rings. The average Bonchev–Trinajstić information content (AvgIpc) is 2.73. The lowest BCUT2D eigenvalue weighted by Crippen LogP contribution is -2.09. The van der Waals surface area contributed by atoms with Gasteiger partial charge in [-0.1, -0.05) is 26.2 Å². The Kier molecular flexibility index (Phi) is 6.13. The number of carbonyl (C=O) groups excluding carboxylic acids is 1. The number of aromatic nitrogens is 4. The van der Waals surface area contributed by atoms with E-state index in [1.54, 1.807) is 4.68 Å². The first-order valence-corrected chi connectivity index (χ1v) is 5.62. The highest BCUT2D eigenvalue weighted by molar-refractivity contribution is 5.38. The van der Waals surface area contributed by atoms with Crippen molar-refractivity contribution >= 4 is 6.47 Å². The van der Waals surface area contributed by atoms with Gasteiger partial charge in [0, 0.05) is 13.0 Å². The van der Waals surface area contributed by atoms with E-state index in [0.717, 1.165) is 18.8 Å². The molecule has 1 heterocycles. The third-order valence-electron chi connectivity index (χ3n) is 2.32. The van der Waals surface area contributed by atoms with E-state index in [1.165, 1.54) is 25.7 Å². The Morgan fingerprint density at radius 1 is 1.38 bits per heavy atom. The van der Waals surface area contributed by atoms with Crippen LogP contribution in [0, 0.1) is 0 Å². The number of ether oxygens (including phenoxy) is 1. The molecular weight excluding hydrogens is 208 g/mol. The largest absolute Gasteiger partial charge is 0.457 e. The molecule has 0 aliphatic heterocycles. The molecule has 0 N–H and O–H groups in total. The van der Waals surface area contributed by atoms with Gasteiger partial charge in [-0.3, -0.25) is 0 Å². The second-order valence-electron chi connectivity index (χ2n) is 3.56. The van der Waals surface area contributed by atoms with Gasteiger partial charge in [-0.25, -0.2) is 9.48 Å². The molecule has 0 amide bonds. The number of tetrazole rings is 1. The topological polar surface area (TPSA) is 69.9 Å². The van der Waals surface area contributed by atoms with E-state index in [-0.39, 0.29) is 6.61 Å². The van der Waals surface area contributed by atoms with Gasteiger partial charge in [0.2, 0.25) is 0 Å². The zero-order valence-corrected chi connectivity index (χ0v) is 9.56. The van der Waals surface area contributed by atoms with Crippen molar-refractivity contribution in [3.05, 3.63) is 5.82 Å². The van der Waals surface area contributed by atoms with Crippen molar-refractivity contribution < 1.29 is 9.53 Å². The van der Waals surface area contributed by atoms with Crippen LogP contribution in [0.25, 0.3) is 0 Å². The fourth-order valence-electron chi connectivity index (χ4n) is 1.45. The smallest absolute Gasteiger partial charge is 0.417 e. The minimum absolute atomic E-state index is 0.277. The molecule has 0 bridgehead atoms. The second-order valence-corrected chi connectivity index (χ2v) is 3.56. The SMILES string of the molecule is CCCCCCn1nnnc1CCO[C]=O. The molecule has 0 spiro atoms. The molecule has 6 nitrogen and oxygen atoms in total. The van der Waals surface area contributed by atoms with Gasteiger partial charge in [-0.15, -0.1) is 5.10 Å². The third-order valence-corrected chi connectivity index (χ3v) is 2.32. The summed E-state index contributed by atoms with van der Waals surface area (Å²) in [7, 11) is 0. The van der Waals surface area contributed by atoms with Gasteiger partial charge in [-0.2, -0.15) is 0 Å². The van der Waals surface area contributed by atoms with Gasteiger partial charge in [0.1, 0.15) is 0 Å². The Morgan fingerprint density at radius 2 is 2.25 bits per heavy atom. The summed E-state index contributed by atoms with van der Waals surface area (Å²) in [5.74, 6) is 0.756. The molecule has 6 heteroatoms. The van der Waals surface area contributed by atoms with Gasteiger partial charge < -0.3 is 4.74 Å². The molecule has 0 aromatic carbocycles. The summed E-state index contributed by atoms with van der Waals surface area (Å²) in [4.78, 5) is 9.86. The van der Waals surface area contributed by atoms with E-state index in [1.807, 2.05) is 0 Å². The lowest BCUT2D eigenvalue weighted by Gasteiger charge is -2.03. The van der Waals surface area contributed by atoms with Crippen LogP contribution in [-0.2, 0) is 22.5 Å². The van der Waals surface area contributed by atoms with E-state index in [9.17, 15) is 4.79 Å². The molecule has 1 radical (unpaired) electrons. The summed E-state index contributed by atoms with van der Waals surface area (Å²) in [5, 5.41) is 11.4. The number of aryl methyl sites for hydroxylation is 1. The zero-order chi connectivity index (χ0) is 11.6. The molecule has 0 saturated heterocycles. The minimum Gasteiger partial charge on any atom is -0.457 e. The van der Waals surface area contributed by atoms with Crippen LogP contribution in [0.2, 0.25) is 0 Å². The van der Waals surface area contributed by atoms with Crippen LogP contribution >= 0.6 is 0 Å². The van der Waals surface area contributed by atoms with E-state index >= 15 is 0 Å². The fourth-order valence-corrected chi connectivity index (χ4v) is 1.45. The van der Waals surface area contributed by atoms with Crippen molar-refractivity contribution in [2.45, 2.75) is 45.6 Å². The maximum atomic E-state index is 9.86. The second kappa shape index (κ2) is 7.78. The van der Waals surface area contributed by atoms with E-state index in [2.05, 4.69) is 27.2 Å². The molecular formula is C10H17N4O2. The Labute approximate surface area is 95.0 Å². The highest BCUT2D eigenvalue weighted by atomic mass is 16.5. The lowest BCUT2D eigenvalue weighted by atomic mass is 10.2. The van der Waals surface area contributed by atoms with Gasteiger partial charge in [-0.05, 0) is 16.8 Å². The molecule has 1 rings (SSSR count). The van der Waals surface area contributed by atoms with Crippen LogP contribution in [0.3, 0.4) is 0 Å². The lowest BCUT2D eigenvalue weighted by molar-refractivity contribution is 0.277. The number of unbranched alkanes of at least 4 members (excludes halogenated alkanes) is 3. The zero-order valence-electron chi connectivity index (χ0n) is 9.56. The summed E-state index contributed by atoms with van der Waals surface area (Å²) in [6.07, 6.45) is 5.25. The van der Waals surface area contributed by atoms with E-state index in [0.29, 0.717) is 6.42 Å². The Morgan fingerprint density at radius 3 is 3.00 bits per heavy atom. The summed E-state index contributed by atoms with van der Waals surface area (Å²) >= 11 is 0. The van der Waals surface area contributed by atoms with Crippen molar-refractivity contribution in [1.29, 1.82) is 0 Å². The third kappa shape index (κ3) is 4.37. The first kappa shape index (κ1) is 12.6. The van der Waals surface area contributed by atoms with Gasteiger partial charge in [0.15, 0.2) is 5.82 Å². The fraction of sp³-hybridized carbons (Fsp3) is 0.800. The normalized spacial score (nSPS) is 10.3. The van der Waals surface area contributed by atoms with Crippen LogP contribution in [0.1, 0.15) is 38.4 Å². The highest BCUT2D eigenvalue weighted by Gasteiger charge is 2.05. The number of hydrogen-bond acceptors (Lipinski definition) is 5. The van der Waals surface area contributed by atoms with Crippen LogP contribution in [0.5, 0.6) is 0 Å². The monoisotopic (exact) mass is 225 g/mol. The molecule has 0 aliphatic carbocycles. The first-order valence-electron chi connectivity index (χ1n) is 5.62. The molecule has 89 valence electrons. The summed E-state index contributed by atoms with van der Waals surface area (Å²) in [6.45, 7) is 4.66. The molecule has 0 unspecified atom stereocenters. The first-order chi connectivity index (χ1) is 7.88. The van der Waals surface area contributed by atoms with Crippen molar-refractivity contribution in [2.75, 3.05) is 6.61 Å². The van der Waals surface area contributed by atoms with Crippen LogP contribution < -0.4 is 0 Å². The Bertz CT molecular complexity index is 301. The van der Waals surface area contributed by atoms with Gasteiger partial charge in [0.05, 0.1) is 6.61 Å². The van der Waals surface area contributed by atoms with Gasteiger partial charge in [0.25, 0.3) is 0 Å². The average molecular weight is 225 g/mol. The predicted octanol–water partition coefficient (Wildman–Crippen LogP) is 0.880. The summed E-state index contributed by atoms with van der Waals surface area (Å²) in [5.41, 5.74) is 0. The maximum Gasteiger partial charge on any atom is 0.417 e. The van der Waals surface area contributed by atoms with Crippen LogP contribution in [-0.4, -0.2) is 33.3 Å². The van der Waals surface area contributed by atoms with Crippen molar-refractivity contribution in [1.82, 2.24) is 20.2 Å². The molecule has 0 aliphatic rings. The molecule has 0 atom stereocenters. The quantitative estimate of drug-likeness (QED) is 0.583. The van der Waals surface area contributed by atoms with Crippen molar-refractivity contribution in [2.24, 2.45) is 0 Å². The molecule has 1 aromatic rings. The Hall–Kier alpha value is -1.46. The van der Waals surface area contributed by atoms with Crippen molar-refractivity contribution in [3.63, 3.8) is 0 Å². The van der Waals surface area contributed by atoms with Gasteiger partial charge >= 0.3 is 6.47 Å². The van der Waals surface area contributed by atoms with E-state index < -0.39 is 0 Å². The van der Waals surface area contributed by atoms with E-state index in [4.69, 9.17) is 0 Å². The number of rotatable bonds is 9. The summed E-state index contributed by atoms with van der Waals surface area (Å²) in [6, 6.07) is 0. The minimum atomic E-state index is 0.277. The standard InChI is InChI=1S/C10H17N4O2/c1-2-3-4-5-7-14-10(11-12-13-14)6-8-16-9-15/h2-8H2,1H3. The van der Waals surface area contributed by atoms with Crippen LogP contribution in [0.15, 0.2) is 0 Å². The van der Waals surface area contributed by atoms with Crippen LogP contribution in [0.4, 0.5) is 0 Å². The summed E-state index contributed by atoms with van der Waals surface area (Å²) < 4.78 is 6.26. The molecule has 0 saturated carbocycles. The maximum absolute atomic E-state index is 9.86. The Balaban J connectivity index is 2.29. The molecule has 16 heavy (non-hydrogen) atoms.